The number of aromatic nitrogens is 1. The molecule has 2 unspecified atom stereocenters. The molecule has 2 heterocycles. The van der Waals surface area contributed by atoms with Crippen LogP contribution in [0.3, 0.4) is 0 Å². The molecule has 0 bridgehead atoms. The fourth-order valence-electron chi connectivity index (χ4n) is 5.19. The van der Waals surface area contributed by atoms with Crippen LogP contribution in [0.15, 0.2) is 65.6 Å². The van der Waals surface area contributed by atoms with Crippen molar-refractivity contribution >= 4 is 5.91 Å². The lowest BCUT2D eigenvalue weighted by atomic mass is 9.81. The fraction of sp³-hybridized carbons (Fsp3) is 0.269. The Labute approximate surface area is 186 Å². The molecular formula is C26H23N3O3. The van der Waals surface area contributed by atoms with Crippen LogP contribution >= 0.6 is 0 Å². The maximum Gasteiger partial charge on any atom is 0.275 e. The monoisotopic (exact) mass is 425 g/mol. The molecule has 32 heavy (non-hydrogen) atoms. The maximum absolute atomic E-state index is 13.2. The highest BCUT2D eigenvalue weighted by Gasteiger charge is 2.41. The van der Waals surface area contributed by atoms with Crippen LogP contribution in [0.4, 0.5) is 0 Å². The van der Waals surface area contributed by atoms with Crippen LogP contribution in [0.2, 0.25) is 0 Å². The summed E-state index contributed by atoms with van der Waals surface area (Å²) in [5.41, 5.74) is 4.19. The Morgan fingerprint density at radius 1 is 1.00 bits per heavy atom. The van der Waals surface area contributed by atoms with Crippen molar-refractivity contribution in [3.8, 4) is 11.8 Å². The highest BCUT2D eigenvalue weighted by Crippen LogP contribution is 2.44. The molecule has 1 aliphatic carbocycles. The molecule has 0 saturated heterocycles. The number of aromatic hydroxyl groups is 1. The molecule has 1 aliphatic heterocycles. The molecule has 2 aromatic carbocycles. The molecule has 3 aromatic rings. The van der Waals surface area contributed by atoms with E-state index in [0.29, 0.717) is 6.54 Å². The number of rotatable bonds is 2. The third kappa shape index (κ3) is 3.01. The number of nitrogens with zero attached hydrogens (tertiary/aromatic N) is 3. The van der Waals surface area contributed by atoms with Crippen LogP contribution in [0.25, 0.3) is 0 Å². The van der Waals surface area contributed by atoms with Crippen LogP contribution < -0.4 is 5.43 Å². The summed E-state index contributed by atoms with van der Waals surface area (Å²) >= 11 is 0. The Hall–Kier alpha value is -3.85. The first-order valence-corrected chi connectivity index (χ1v) is 10.8. The summed E-state index contributed by atoms with van der Waals surface area (Å²) < 4.78 is 1.74. The van der Waals surface area contributed by atoms with Gasteiger partial charge in [-0.3, -0.25) is 9.59 Å². The number of aryl methyl sites for hydroxylation is 2. The number of nitriles is 1. The van der Waals surface area contributed by atoms with Crippen molar-refractivity contribution in [3.05, 3.63) is 99.0 Å². The molecule has 0 radical (unpaired) electrons. The molecule has 1 amide bonds. The van der Waals surface area contributed by atoms with Crippen molar-refractivity contribution in [2.45, 2.75) is 37.8 Å². The van der Waals surface area contributed by atoms with Gasteiger partial charge in [0, 0.05) is 24.7 Å². The first-order valence-electron chi connectivity index (χ1n) is 10.8. The lowest BCUT2D eigenvalue weighted by molar-refractivity contribution is 0.0616. The Balaban J connectivity index is 1.79. The predicted octanol–water partition coefficient (Wildman–Crippen LogP) is 3.39. The van der Waals surface area contributed by atoms with Crippen LogP contribution in [0, 0.1) is 11.3 Å². The first kappa shape index (κ1) is 20.1. The molecule has 2 aliphatic rings. The summed E-state index contributed by atoms with van der Waals surface area (Å²) in [6.45, 7) is 1.97. The average Bonchev–Trinajstić information content (AvgIpc) is 2.98. The quantitative estimate of drug-likeness (QED) is 0.682. The minimum atomic E-state index is -0.690. The molecule has 0 spiro atoms. The third-order valence-corrected chi connectivity index (χ3v) is 6.79. The summed E-state index contributed by atoms with van der Waals surface area (Å²) in [6.07, 6.45) is 3.43. The van der Waals surface area contributed by atoms with Crippen molar-refractivity contribution in [2.24, 2.45) is 0 Å². The number of hydrogen-bond donors (Lipinski definition) is 1. The van der Waals surface area contributed by atoms with E-state index in [9.17, 15) is 20.0 Å². The van der Waals surface area contributed by atoms with Crippen LogP contribution in [0.1, 0.15) is 51.6 Å². The van der Waals surface area contributed by atoms with Gasteiger partial charge < -0.3 is 14.6 Å². The normalized spacial score (nSPS) is 18.7. The smallest absolute Gasteiger partial charge is 0.275 e. The van der Waals surface area contributed by atoms with Crippen molar-refractivity contribution in [2.75, 3.05) is 6.54 Å². The Bertz CT molecular complexity index is 1270. The third-order valence-electron chi connectivity index (χ3n) is 6.79. The number of fused-ring (bicyclic) bond motifs is 3. The van der Waals surface area contributed by atoms with E-state index in [2.05, 4.69) is 30.3 Å². The van der Waals surface area contributed by atoms with Crippen molar-refractivity contribution in [1.29, 1.82) is 5.26 Å². The summed E-state index contributed by atoms with van der Waals surface area (Å²) in [5.74, 6) is -1.17. The molecule has 1 N–H and O–H groups in total. The van der Waals surface area contributed by atoms with E-state index in [1.54, 1.807) is 17.7 Å². The van der Waals surface area contributed by atoms with E-state index < -0.39 is 23.1 Å². The summed E-state index contributed by atoms with van der Waals surface area (Å²) in [6, 6.07) is 19.1. The molecule has 160 valence electrons. The Morgan fingerprint density at radius 2 is 1.59 bits per heavy atom. The molecule has 5 rings (SSSR count). The largest absolute Gasteiger partial charge is 0.503 e. The Morgan fingerprint density at radius 3 is 2.19 bits per heavy atom. The number of carbonyl (C=O) groups is 1. The summed E-state index contributed by atoms with van der Waals surface area (Å²) in [4.78, 5) is 26.9. The Kier molecular flexibility index (Phi) is 4.82. The van der Waals surface area contributed by atoms with E-state index in [1.807, 2.05) is 24.3 Å². The summed E-state index contributed by atoms with van der Waals surface area (Å²) in [5, 5.41) is 20.1. The van der Waals surface area contributed by atoms with Crippen molar-refractivity contribution in [3.63, 3.8) is 0 Å². The second-order valence-corrected chi connectivity index (χ2v) is 8.49. The number of pyridine rings is 1. The van der Waals surface area contributed by atoms with Gasteiger partial charge in [0.05, 0.1) is 12.1 Å². The molecule has 0 saturated carbocycles. The lowest BCUT2D eigenvalue weighted by Gasteiger charge is -2.41. The lowest BCUT2D eigenvalue weighted by Crippen LogP contribution is -2.49. The van der Waals surface area contributed by atoms with E-state index in [1.165, 1.54) is 33.2 Å². The zero-order valence-corrected chi connectivity index (χ0v) is 17.7. The molecule has 6 nitrogen and oxygen atoms in total. The minimum Gasteiger partial charge on any atom is -0.503 e. The first-order chi connectivity index (χ1) is 15.5. The van der Waals surface area contributed by atoms with E-state index in [0.717, 1.165) is 12.8 Å². The molecule has 1 aromatic heterocycles. The van der Waals surface area contributed by atoms with Crippen LogP contribution in [-0.2, 0) is 12.8 Å². The highest BCUT2D eigenvalue weighted by atomic mass is 16.3. The number of hydrogen-bond acceptors (Lipinski definition) is 4. The molecular weight excluding hydrogens is 402 g/mol. The molecule has 2 atom stereocenters. The SMILES string of the molecule is CC(C#N)N1CC(C2c3ccccc3CCc3ccccc32)n2ccc(=O)c(O)c2C1=O. The fourth-order valence-corrected chi connectivity index (χ4v) is 5.19. The van der Waals surface area contributed by atoms with Crippen LogP contribution in [0.5, 0.6) is 5.75 Å². The number of benzene rings is 2. The van der Waals surface area contributed by atoms with E-state index in [-0.39, 0.29) is 17.7 Å². The van der Waals surface area contributed by atoms with Gasteiger partial charge in [-0.1, -0.05) is 48.5 Å². The average molecular weight is 425 g/mol. The van der Waals surface area contributed by atoms with Gasteiger partial charge in [0.1, 0.15) is 6.04 Å². The van der Waals surface area contributed by atoms with E-state index >= 15 is 0 Å². The second-order valence-electron chi connectivity index (χ2n) is 8.49. The van der Waals surface area contributed by atoms with Crippen LogP contribution in [-0.4, -0.2) is 33.1 Å². The van der Waals surface area contributed by atoms with Gasteiger partial charge >= 0.3 is 0 Å². The van der Waals surface area contributed by atoms with Crippen molar-refractivity contribution < 1.29 is 9.90 Å². The topological polar surface area (TPSA) is 86.3 Å². The second kappa shape index (κ2) is 7.69. The zero-order valence-electron chi connectivity index (χ0n) is 17.7. The standard InChI is InChI=1S/C26H23N3O3/c1-16(14-27)29-15-21(28-13-12-22(30)25(31)24(28)26(29)32)23-19-8-4-2-6-17(19)10-11-18-7-3-5-9-20(18)23/h2-9,12-13,16,21,23,31H,10-11,15H2,1H3. The molecule has 0 fully saturated rings. The minimum absolute atomic E-state index is 0.0462. The number of carbonyl (C=O) groups excluding carboxylic acids is 1. The molecule has 6 heteroatoms. The van der Waals surface area contributed by atoms with E-state index in [4.69, 9.17) is 0 Å². The van der Waals surface area contributed by atoms with Gasteiger partial charge in [0.15, 0.2) is 11.4 Å². The van der Waals surface area contributed by atoms with Gasteiger partial charge in [0.2, 0.25) is 5.43 Å². The van der Waals surface area contributed by atoms with Crippen molar-refractivity contribution in [1.82, 2.24) is 9.47 Å². The van der Waals surface area contributed by atoms with Gasteiger partial charge in [-0.05, 0) is 42.0 Å². The maximum atomic E-state index is 13.2. The predicted molar refractivity (Wildman–Crippen MR) is 120 cm³/mol. The number of amides is 1. The van der Waals surface area contributed by atoms with Gasteiger partial charge in [-0.25, -0.2) is 0 Å². The highest BCUT2D eigenvalue weighted by molar-refractivity contribution is 5.96. The van der Waals surface area contributed by atoms with Gasteiger partial charge in [0.25, 0.3) is 5.91 Å². The summed E-state index contributed by atoms with van der Waals surface area (Å²) in [7, 11) is 0. The zero-order chi connectivity index (χ0) is 22.4. The van der Waals surface area contributed by atoms with Gasteiger partial charge in [-0.15, -0.1) is 0 Å². The van der Waals surface area contributed by atoms with Gasteiger partial charge in [-0.2, -0.15) is 5.26 Å².